The molecule has 1 aromatic heterocycles. The molecule has 0 spiro atoms. The van der Waals surface area contributed by atoms with Crippen LogP contribution in [-0.4, -0.2) is 22.4 Å². The van der Waals surface area contributed by atoms with Crippen molar-refractivity contribution >= 4 is 11.6 Å². The highest BCUT2D eigenvalue weighted by Gasteiger charge is 2.19. The number of anilines is 1. The highest BCUT2D eigenvalue weighted by atomic mass is 19.1. The average molecular weight is 355 g/mol. The van der Waals surface area contributed by atoms with Crippen molar-refractivity contribution in [2.24, 2.45) is 7.05 Å². The second-order valence-corrected chi connectivity index (χ2v) is 5.74. The molecule has 3 aromatic rings. The molecule has 0 saturated heterocycles. The van der Waals surface area contributed by atoms with E-state index < -0.39 is 11.7 Å². The molecule has 0 unspecified atom stereocenters. The first-order valence-corrected chi connectivity index (χ1v) is 7.93. The monoisotopic (exact) mass is 355 g/mol. The highest BCUT2D eigenvalue weighted by Crippen LogP contribution is 2.19. The van der Waals surface area contributed by atoms with Gasteiger partial charge in [0.1, 0.15) is 5.69 Å². The van der Waals surface area contributed by atoms with Crippen LogP contribution in [0.25, 0.3) is 5.69 Å². The number of nitrogens with one attached hydrogen (secondary N) is 1. The normalized spacial score (nSPS) is 10.6. The van der Waals surface area contributed by atoms with E-state index in [-0.39, 0.29) is 22.6 Å². The van der Waals surface area contributed by atoms with Crippen LogP contribution in [0.5, 0.6) is 5.75 Å². The van der Waals surface area contributed by atoms with Crippen molar-refractivity contribution in [3.63, 3.8) is 0 Å². The van der Waals surface area contributed by atoms with Crippen LogP contribution >= 0.6 is 0 Å². The second kappa shape index (κ2) is 6.87. The lowest BCUT2D eigenvalue weighted by atomic mass is 10.2. The number of hydrogen-bond donors (Lipinski definition) is 1. The Morgan fingerprint density at radius 1 is 1.15 bits per heavy atom. The molecule has 0 saturated carbocycles. The van der Waals surface area contributed by atoms with Crippen molar-refractivity contribution in [1.82, 2.24) is 9.36 Å². The van der Waals surface area contributed by atoms with E-state index in [1.165, 1.54) is 23.9 Å². The predicted octanol–water partition coefficient (Wildman–Crippen LogP) is 2.88. The lowest BCUT2D eigenvalue weighted by molar-refractivity contribution is 0.102. The Bertz CT molecular complexity index is 1020. The number of rotatable bonds is 4. The Kier molecular flexibility index (Phi) is 4.62. The zero-order valence-electron chi connectivity index (χ0n) is 14.6. The fraction of sp³-hybridized carbons (Fsp3) is 0.158. The van der Waals surface area contributed by atoms with Gasteiger partial charge in [-0.25, -0.2) is 9.07 Å². The van der Waals surface area contributed by atoms with Gasteiger partial charge in [-0.1, -0.05) is 18.2 Å². The molecule has 0 radical (unpaired) electrons. The lowest BCUT2D eigenvalue weighted by Crippen LogP contribution is -2.23. The van der Waals surface area contributed by atoms with Crippen LogP contribution in [0.3, 0.4) is 0 Å². The number of benzene rings is 2. The van der Waals surface area contributed by atoms with Gasteiger partial charge >= 0.3 is 0 Å². The summed E-state index contributed by atoms with van der Waals surface area (Å²) in [7, 11) is 3.07. The third kappa shape index (κ3) is 2.99. The standard InChI is InChI=1S/C19H18FN3O3/c1-12-17(19(25)23(22(12)2)14-7-5-4-6-8-14)21-18(24)13-9-10-16(26-3)15(20)11-13/h4-11H,1-3H3,(H,21,24). The van der Waals surface area contributed by atoms with Crippen LogP contribution in [0.2, 0.25) is 0 Å². The van der Waals surface area contributed by atoms with Gasteiger partial charge in [0.15, 0.2) is 11.6 Å². The molecule has 2 aromatic carbocycles. The van der Waals surface area contributed by atoms with Crippen molar-refractivity contribution in [2.75, 3.05) is 12.4 Å². The third-order valence-electron chi connectivity index (χ3n) is 4.21. The smallest absolute Gasteiger partial charge is 0.295 e. The number of amides is 1. The minimum atomic E-state index is -0.647. The van der Waals surface area contributed by atoms with Crippen molar-refractivity contribution in [1.29, 1.82) is 0 Å². The van der Waals surface area contributed by atoms with Gasteiger partial charge in [0.05, 0.1) is 18.5 Å². The number of halogens is 1. The molecule has 0 fully saturated rings. The first kappa shape index (κ1) is 17.5. The molecule has 0 bridgehead atoms. The Morgan fingerprint density at radius 3 is 2.46 bits per heavy atom. The van der Waals surface area contributed by atoms with Crippen LogP contribution in [0.1, 0.15) is 16.1 Å². The predicted molar refractivity (Wildman–Crippen MR) is 96.7 cm³/mol. The first-order valence-electron chi connectivity index (χ1n) is 7.93. The van der Waals surface area contributed by atoms with E-state index in [2.05, 4.69) is 5.32 Å². The van der Waals surface area contributed by atoms with Crippen molar-refractivity contribution in [3.8, 4) is 11.4 Å². The minimum Gasteiger partial charge on any atom is -0.494 e. The number of ether oxygens (including phenoxy) is 1. The summed E-state index contributed by atoms with van der Waals surface area (Å²) in [6, 6.07) is 13.0. The Hall–Kier alpha value is -3.35. The van der Waals surface area contributed by atoms with Gasteiger partial charge in [-0.05, 0) is 37.3 Å². The van der Waals surface area contributed by atoms with Gasteiger partial charge in [0, 0.05) is 12.6 Å². The number of methoxy groups -OCH3 is 1. The maximum absolute atomic E-state index is 13.8. The third-order valence-corrected chi connectivity index (χ3v) is 4.21. The first-order chi connectivity index (χ1) is 12.4. The molecule has 1 N–H and O–H groups in total. The number of nitrogens with zero attached hydrogens (tertiary/aromatic N) is 2. The summed E-state index contributed by atoms with van der Waals surface area (Å²) in [4.78, 5) is 25.2. The van der Waals surface area contributed by atoms with Crippen LogP contribution in [0.15, 0.2) is 53.3 Å². The molecule has 134 valence electrons. The topological polar surface area (TPSA) is 65.3 Å². The summed E-state index contributed by atoms with van der Waals surface area (Å²) in [6.45, 7) is 1.73. The minimum absolute atomic E-state index is 0.0453. The molecular weight excluding hydrogens is 337 g/mol. The van der Waals surface area contributed by atoms with E-state index >= 15 is 0 Å². The fourth-order valence-corrected chi connectivity index (χ4v) is 2.71. The van der Waals surface area contributed by atoms with Gasteiger partial charge in [-0.15, -0.1) is 0 Å². The summed E-state index contributed by atoms with van der Waals surface area (Å²) in [5, 5.41) is 2.59. The Balaban J connectivity index is 1.97. The van der Waals surface area contributed by atoms with E-state index in [1.54, 1.807) is 30.8 Å². The molecule has 7 heteroatoms. The second-order valence-electron chi connectivity index (χ2n) is 5.74. The number of hydrogen-bond acceptors (Lipinski definition) is 3. The SMILES string of the molecule is COc1ccc(C(=O)Nc2c(C)n(C)n(-c3ccccc3)c2=O)cc1F. The van der Waals surface area contributed by atoms with Crippen LogP contribution < -0.4 is 15.6 Å². The van der Waals surface area contributed by atoms with Gasteiger partial charge in [-0.2, -0.15) is 0 Å². The zero-order valence-corrected chi connectivity index (χ0v) is 14.6. The molecule has 3 rings (SSSR count). The summed E-state index contributed by atoms with van der Waals surface area (Å²) in [5.74, 6) is -1.17. The van der Waals surface area contributed by atoms with E-state index in [0.29, 0.717) is 11.4 Å². The fourth-order valence-electron chi connectivity index (χ4n) is 2.71. The number of carbonyl (C=O) groups excluding carboxylic acids is 1. The van der Waals surface area contributed by atoms with Gasteiger partial charge in [0.2, 0.25) is 0 Å². The zero-order chi connectivity index (χ0) is 18.8. The summed E-state index contributed by atoms with van der Waals surface area (Å²) < 4.78 is 21.8. The number of carbonyl (C=O) groups is 1. The quantitative estimate of drug-likeness (QED) is 0.783. The van der Waals surface area contributed by atoms with Gasteiger partial charge in [0.25, 0.3) is 11.5 Å². The molecule has 0 aliphatic heterocycles. The van der Waals surface area contributed by atoms with Gasteiger partial charge < -0.3 is 10.1 Å². The Morgan fingerprint density at radius 2 is 1.85 bits per heavy atom. The van der Waals surface area contributed by atoms with E-state index in [0.717, 1.165) is 6.07 Å². The average Bonchev–Trinajstić information content (AvgIpc) is 2.85. The summed E-state index contributed by atoms with van der Waals surface area (Å²) >= 11 is 0. The molecule has 1 heterocycles. The maximum atomic E-state index is 13.8. The van der Waals surface area contributed by atoms with Crippen LogP contribution in [0.4, 0.5) is 10.1 Å². The molecule has 26 heavy (non-hydrogen) atoms. The van der Waals surface area contributed by atoms with Crippen molar-refractivity contribution in [2.45, 2.75) is 6.92 Å². The van der Waals surface area contributed by atoms with Crippen LogP contribution in [0, 0.1) is 12.7 Å². The van der Waals surface area contributed by atoms with E-state index in [4.69, 9.17) is 4.74 Å². The maximum Gasteiger partial charge on any atom is 0.295 e. The molecule has 6 nitrogen and oxygen atoms in total. The molecule has 1 amide bonds. The lowest BCUT2D eigenvalue weighted by Gasteiger charge is -2.07. The van der Waals surface area contributed by atoms with E-state index in [9.17, 15) is 14.0 Å². The summed E-state index contributed by atoms with van der Waals surface area (Å²) in [5.41, 5.74) is 1.15. The largest absolute Gasteiger partial charge is 0.494 e. The van der Waals surface area contributed by atoms with Crippen LogP contribution in [-0.2, 0) is 7.05 Å². The number of aromatic nitrogens is 2. The van der Waals surface area contributed by atoms with E-state index in [1.807, 2.05) is 18.2 Å². The number of para-hydroxylation sites is 1. The van der Waals surface area contributed by atoms with Crippen molar-refractivity contribution in [3.05, 3.63) is 76.0 Å². The molecule has 0 aliphatic rings. The molecular formula is C19H18FN3O3. The summed E-state index contributed by atoms with van der Waals surface area (Å²) in [6.07, 6.45) is 0. The van der Waals surface area contributed by atoms with Crippen molar-refractivity contribution < 1.29 is 13.9 Å². The Labute approximate surface area is 149 Å². The van der Waals surface area contributed by atoms with Gasteiger partial charge in [-0.3, -0.25) is 14.3 Å². The molecule has 0 atom stereocenters. The molecule has 0 aliphatic carbocycles. The highest BCUT2D eigenvalue weighted by molar-refractivity contribution is 6.04.